The summed E-state index contributed by atoms with van der Waals surface area (Å²) in [4.78, 5) is 25.1. The molecule has 4 N–H and O–H groups in total. The summed E-state index contributed by atoms with van der Waals surface area (Å²) in [5.74, 6) is 2.02. The number of esters is 1. The van der Waals surface area contributed by atoms with E-state index in [9.17, 15) is 26.4 Å². The lowest BCUT2D eigenvalue weighted by molar-refractivity contribution is -0.156. The Hall–Kier alpha value is -9.26. The quantitative estimate of drug-likeness (QED) is 0.0628. The molecule has 0 bridgehead atoms. The summed E-state index contributed by atoms with van der Waals surface area (Å²) < 4.78 is 87.9. The maximum absolute atomic E-state index is 12.6. The van der Waals surface area contributed by atoms with Gasteiger partial charge in [-0.3, -0.25) is 19.7 Å². The Bertz CT molecular complexity index is 4500. The SMILES string of the molecule is CC(C)(C)OC(=O)CC1CCC(Nc2ccc3cncc(-c4cc5ccccc5o4)c3c2)CC1.NC1CCC(Nc2ccc3cncc(-c4cc5ccccc5o4)c3c2)CC1.O=S(=O)(Oc1ccc2cncc(-c3cc4ccccc4o3)c2c1)C(F)(F)F. The Balaban J connectivity index is 0.000000130. The number of nitrogens with zero attached hydrogens (tertiary/aromatic N) is 3. The summed E-state index contributed by atoms with van der Waals surface area (Å²) in [5, 5.41) is 16.0. The van der Waals surface area contributed by atoms with Crippen LogP contribution in [0.3, 0.4) is 0 Å². The van der Waals surface area contributed by atoms with E-state index in [-0.39, 0.29) is 5.97 Å². The summed E-state index contributed by atoms with van der Waals surface area (Å²) in [7, 11) is -5.76. The van der Waals surface area contributed by atoms with Crippen LogP contribution in [0.5, 0.6) is 5.75 Å². The molecule has 0 radical (unpaired) electrons. The molecule has 6 aromatic heterocycles. The fraction of sp³-hybridized carbons (Fsp3) is 0.257. The molecule has 0 aliphatic heterocycles. The predicted octanol–water partition coefficient (Wildman–Crippen LogP) is 17.6. The van der Waals surface area contributed by atoms with Gasteiger partial charge in [0.05, 0.1) is 0 Å². The Morgan fingerprint density at radius 3 is 1.33 bits per heavy atom. The van der Waals surface area contributed by atoms with Gasteiger partial charge in [-0.1, -0.05) is 66.7 Å². The number of para-hydroxylation sites is 3. The molecular weight excluding hydrogens is 1140 g/mol. The van der Waals surface area contributed by atoms with Crippen LogP contribution in [0.2, 0.25) is 0 Å². The van der Waals surface area contributed by atoms with Crippen molar-refractivity contribution < 1.29 is 48.6 Å². The van der Waals surface area contributed by atoms with Gasteiger partial charge < -0.3 is 38.5 Å². The second-order valence-corrected chi connectivity index (χ2v) is 25.2. The predicted molar refractivity (Wildman–Crippen MR) is 340 cm³/mol. The molecule has 2 saturated carbocycles. The summed E-state index contributed by atoms with van der Waals surface area (Å²) in [6, 6.07) is 47.4. The van der Waals surface area contributed by atoms with Crippen molar-refractivity contribution in [2.45, 2.75) is 108 Å². The van der Waals surface area contributed by atoms with Crippen molar-refractivity contribution in [1.82, 2.24) is 15.0 Å². The molecule has 6 heterocycles. The Morgan fingerprint density at radius 1 is 0.523 bits per heavy atom. The number of carbonyl (C=O) groups is 1. The van der Waals surface area contributed by atoms with Gasteiger partial charge in [-0.05, 0) is 173 Å². The van der Waals surface area contributed by atoms with Crippen molar-refractivity contribution in [3.63, 3.8) is 0 Å². The van der Waals surface area contributed by atoms with Crippen LogP contribution in [-0.4, -0.2) is 58.6 Å². The molecule has 12 aromatic rings. The molecule has 14 nitrogen and oxygen atoms in total. The number of rotatable bonds is 11. The molecule has 0 spiro atoms. The van der Waals surface area contributed by atoms with Crippen LogP contribution in [0.25, 0.3) is 99.2 Å². The van der Waals surface area contributed by atoms with E-state index in [2.05, 4.69) is 90.4 Å². The van der Waals surface area contributed by atoms with Gasteiger partial charge in [-0.2, -0.15) is 21.6 Å². The zero-order valence-corrected chi connectivity index (χ0v) is 49.5. The summed E-state index contributed by atoms with van der Waals surface area (Å²) >= 11 is 0. The number of anilines is 2. The van der Waals surface area contributed by atoms with E-state index in [0.29, 0.717) is 58.1 Å². The van der Waals surface area contributed by atoms with Crippen LogP contribution in [-0.2, 0) is 19.6 Å². The fourth-order valence-electron chi connectivity index (χ4n) is 11.7. The van der Waals surface area contributed by atoms with Crippen molar-refractivity contribution in [1.29, 1.82) is 0 Å². The van der Waals surface area contributed by atoms with E-state index >= 15 is 0 Å². The highest BCUT2D eigenvalue weighted by molar-refractivity contribution is 7.88. The maximum Gasteiger partial charge on any atom is 0.534 e. The lowest BCUT2D eigenvalue weighted by atomic mass is 9.84. The van der Waals surface area contributed by atoms with E-state index < -0.39 is 27.0 Å². The smallest absolute Gasteiger partial charge is 0.460 e. The van der Waals surface area contributed by atoms with Crippen LogP contribution in [0, 0.1) is 5.92 Å². The lowest BCUT2D eigenvalue weighted by Gasteiger charge is -2.30. The number of pyridine rings is 3. The molecule has 450 valence electrons. The largest absolute Gasteiger partial charge is 0.534 e. The van der Waals surface area contributed by atoms with Crippen LogP contribution < -0.4 is 20.6 Å². The van der Waals surface area contributed by atoms with Gasteiger partial charge in [0.25, 0.3) is 0 Å². The van der Waals surface area contributed by atoms with Crippen molar-refractivity contribution >= 4 is 92.7 Å². The third-order valence-corrected chi connectivity index (χ3v) is 17.0. The third-order valence-electron chi connectivity index (χ3n) is 16.1. The average molecular weight is 1210 g/mol. The number of hydrogen-bond acceptors (Lipinski definition) is 14. The van der Waals surface area contributed by atoms with Gasteiger partial charge in [-0.25, -0.2) is 0 Å². The first-order chi connectivity index (χ1) is 42.3. The zero-order valence-electron chi connectivity index (χ0n) is 48.7. The van der Waals surface area contributed by atoms with Crippen LogP contribution in [0.15, 0.2) is 196 Å². The third kappa shape index (κ3) is 13.6. The lowest BCUT2D eigenvalue weighted by Crippen LogP contribution is -2.32. The number of furan rings is 3. The number of nitrogens with two attached hydrogens (primary N) is 1. The molecule has 0 saturated heterocycles. The van der Waals surface area contributed by atoms with E-state index in [0.717, 1.165) is 140 Å². The molecule has 0 unspecified atom stereocenters. The minimum atomic E-state index is -5.76. The van der Waals surface area contributed by atoms with Crippen molar-refractivity contribution in [3.8, 4) is 39.7 Å². The number of hydrogen-bond donors (Lipinski definition) is 3. The Morgan fingerprint density at radius 2 is 0.920 bits per heavy atom. The molecule has 18 heteroatoms. The number of carbonyl (C=O) groups excluding carboxylic acids is 1. The molecular formula is C70H65F3N6O8S. The number of fused-ring (bicyclic) bond motifs is 6. The van der Waals surface area contributed by atoms with E-state index in [1.165, 1.54) is 24.5 Å². The first-order valence-electron chi connectivity index (χ1n) is 29.5. The molecule has 2 aliphatic carbocycles. The standard InChI is InChI=1S/C29H32N2O3.C23H23N3O.C18H10F3NO4S/c1-29(2,3)34-28(32)14-19-8-11-22(12-9-19)31-23-13-10-21-17-30-18-25(24(21)16-23)27-15-20-6-4-5-7-26(20)33-27;24-17-6-9-18(10-7-17)26-19-8-5-16-13-25-14-21(20(16)12-19)23-11-15-3-1-2-4-22(15)27-23;19-18(20,21)27(23,24)26-13-6-5-12-9-22-10-15(14(12)8-13)17-7-11-3-1-2-4-16(11)25-17/h4-7,10,13,15-19,22,31H,8-9,11-12,14H2,1-3H3;1-5,8,11-14,17-18,26H,6-7,9-10,24H2;1-10H. The van der Waals surface area contributed by atoms with Crippen molar-refractivity contribution in [3.05, 3.63) is 183 Å². The molecule has 6 aromatic carbocycles. The van der Waals surface area contributed by atoms with Gasteiger partial charge >= 0.3 is 21.6 Å². The van der Waals surface area contributed by atoms with Crippen LogP contribution in [0.1, 0.15) is 78.6 Å². The number of nitrogens with one attached hydrogen (secondary N) is 2. The van der Waals surface area contributed by atoms with Gasteiger partial charge in [0.15, 0.2) is 0 Å². The minimum absolute atomic E-state index is 0.0786. The summed E-state index contributed by atoms with van der Waals surface area (Å²) in [5.41, 5.74) is 7.30. The summed E-state index contributed by atoms with van der Waals surface area (Å²) in [6.45, 7) is 5.76. The monoisotopic (exact) mass is 1210 g/mol. The van der Waals surface area contributed by atoms with E-state index in [1.807, 2.05) is 100 Å². The van der Waals surface area contributed by atoms with Crippen LogP contribution in [0.4, 0.5) is 24.5 Å². The maximum atomic E-state index is 12.6. The van der Waals surface area contributed by atoms with Gasteiger partial charge in [-0.15, -0.1) is 0 Å². The molecule has 0 atom stereocenters. The number of aromatic nitrogens is 3. The highest BCUT2D eigenvalue weighted by Crippen LogP contribution is 2.39. The number of alkyl halides is 3. The minimum Gasteiger partial charge on any atom is -0.460 e. The highest BCUT2D eigenvalue weighted by atomic mass is 32.2. The van der Waals surface area contributed by atoms with Crippen molar-refractivity contribution in [2.24, 2.45) is 11.7 Å². The van der Waals surface area contributed by atoms with Gasteiger partial charge in [0.1, 0.15) is 45.4 Å². The van der Waals surface area contributed by atoms with Gasteiger partial charge in [0, 0.05) is 122 Å². The normalized spacial score (nSPS) is 17.3. The van der Waals surface area contributed by atoms with Crippen molar-refractivity contribution in [2.75, 3.05) is 10.6 Å². The molecule has 2 aliphatic rings. The first kappa shape index (κ1) is 59.1. The zero-order chi connectivity index (χ0) is 61.2. The highest BCUT2D eigenvalue weighted by Gasteiger charge is 2.48. The van der Waals surface area contributed by atoms with Crippen LogP contribution >= 0.6 is 0 Å². The Labute approximate surface area is 506 Å². The first-order valence-corrected chi connectivity index (χ1v) is 30.9. The Kier molecular flexibility index (Phi) is 16.7. The fourth-order valence-corrected chi connectivity index (χ4v) is 12.1. The topological polar surface area (TPSA) is 198 Å². The number of halogens is 3. The number of benzene rings is 6. The molecule has 14 rings (SSSR count). The van der Waals surface area contributed by atoms with E-state index in [1.54, 1.807) is 12.1 Å². The molecule has 0 amide bonds. The molecule has 88 heavy (non-hydrogen) atoms. The van der Waals surface area contributed by atoms with Gasteiger partial charge in [0.2, 0.25) is 0 Å². The second-order valence-electron chi connectivity index (χ2n) is 23.7. The van der Waals surface area contributed by atoms with E-state index in [4.69, 9.17) is 23.7 Å². The average Bonchev–Trinajstić information content (AvgIpc) is 2.92. The summed E-state index contributed by atoms with van der Waals surface area (Å²) in [6.07, 6.45) is 19.7. The second kappa shape index (κ2) is 24.8. The molecule has 2 fully saturated rings. The number of ether oxygens (including phenoxy) is 1.